The number of benzene rings is 1. The highest BCUT2D eigenvalue weighted by molar-refractivity contribution is 6.30. The standard InChI is InChI=1S/C17H28ClN3/c1-4-19-13-14-6-7-15(18)12-17(14)20(3)16-8-10-21(5-2)11-9-16/h6-7,12,16,19H,4-5,8-11,13H2,1-3H3. The van der Waals surface area contributed by atoms with Crippen LogP contribution in [0.3, 0.4) is 0 Å². The van der Waals surface area contributed by atoms with Crippen molar-refractivity contribution in [2.45, 2.75) is 39.3 Å². The Morgan fingerprint density at radius 1 is 1.29 bits per heavy atom. The summed E-state index contributed by atoms with van der Waals surface area (Å²) in [4.78, 5) is 4.97. The quantitative estimate of drug-likeness (QED) is 0.869. The van der Waals surface area contributed by atoms with Crippen molar-refractivity contribution in [3.63, 3.8) is 0 Å². The van der Waals surface area contributed by atoms with Crippen LogP contribution in [-0.2, 0) is 6.54 Å². The summed E-state index contributed by atoms with van der Waals surface area (Å²) in [5.74, 6) is 0. The van der Waals surface area contributed by atoms with Gasteiger partial charge in [0, 0.05) is 43.4 Å². The molecular weight excluding hydrogens is 282 g/mol. The zero-order valence-corrected chi connectivity index (χ0v) is 14.3. The molecule has 0 radical (unpaired) electrons. The van der Waals surface area contributed by atoms with E-state index in [1.165, 1.54) is 43.7 Å². The van der Waals surface area contributed by atoms with Gasteiger partial charge in [0.05, 0.1) is 0 Å². The molecule has 1 aliphatic rings. The first-order valence-corrected chi connectivity index (χ1v) is 8.47. The molecule has 1 aliphatic heterocycles. The van der Waals surface area contributed by atoms with Crippen LogP contribution in [0.4, 0.5) is 5.69 Å². The summed E-state index contributed by atoms with van der Waals surface area (Å²) in [6, 6.07) is 6.87. The monoisotopic (exact) mass is 309 g/mol. The van der Waals surface area contributed by atoms with Crippen molar-refractivity contribution < 1.29 is 0 Å². The van der Waals surface area contributed by atoms with Crippen LogP contribution in [0.15, 0.2) is 18.2 Å². The van der Waals surface area contributed by atoms with Crippen LogP contribution in [0.1, 0.15) is 32.3 Å². The normalized spacial score (nSPS) is 17.1. The van der Waals surface area contributed by atoms with Crippen LogP contribution in [0, 0.1) is 0 Å². The molecule has 1 heterocycles. The largest absolute Gasteiger partial charge is 0.371 e. The number of halogens is 1. The minimum atomic E-state index is 0.617. The predicted octanol–water partition coefficient (Wildman–Crippen LogP) is 3.37. The summed E-state index contributed by atoms with van der Waals surface area (Å²) in [6.07, 6.45) is 2.47. The number of hydrogen-bond acceptors (Lipinski definition) is 3. The van der Waals surface area contributed by atoms with Gasteiger partial charge in [0.25, 0.3) is 0 Å². The maximum Gasteiger partial charge on any atom is 0.0426 e. The van der Waals surface area contributed by atoms with Crippen molar-refractivity contribution in [2.75, 3.05) is 38.1 Å². The number of piperidine rings is 1. The van der Waals surface area contributed by atoms with E-state index in [0.717, 1.165) is 18.1 Å². The Kier molecular flexibility index (Phi) is 6.34. The van der Waals surface area contributed by atoms with Gasteiger partial charge in [-0.3, -0.25) is 0 Å². The molecule has 3 nitrogen and oxygen atoms in total. The first-order valence-electron chi connectivity index (χ1n) is 8.10. The Labute approximate surface area is 134 Å². The summed E-state index contributed by atoms with van der Waals surface area (Å²) in [7, 11) is 2.22. The van der Waals surface area contributed by atoms with Gasteiger partial charge in [-0.1, -0.05) is 31.5 Å². The SMILES string of the molecule is CCNCc1ccc(Cl)cc1N(C)C1CCN(CC)CC1. The second-order valence-corrected chi connectivity index (χ2v) is 6.27. The Morgan fingerprint density at radius 3 is 2.62 bits per heavy atom. The van der Waals surface area contributed by atoms with Crippen molar-refractivity contribution in [1.82, 2.24) is 10.2 Å². The molecule has 4 heteroatoms. The van der Waals surface area contributed by atoms with Gasteiger partial charge in [-0.15, -0.1) is 0 Å². The fourth-order valence-corrected chi connectivity index (χ4v) is 3.26. The fourth-order valence-electron chi connectivity index (χ4n) is 3.09. The minimum Gasteiger partial charge on any atom is -0.371 e. The lowest BCUT2D eigenvalue weighted by Crippen LogP contribution is -2.43. The highest BCUT2D eigenvalue weighted by atomic mass is 35.5. The number of nitrogens with zero attached hydrogens (tertiary/aromatic N) is 2. The van der Waals surface area contributed by atoms with E-state index in [1.54, 1.807) is 0 Å². The third kappa shape index (κ3) is 4.35. The summed E-state index contributed by atoms with van der Waals surface area (Å²) < 4.78 is 0. The van der Waals surface area contributed by atoms with E-state index in [0.29, 0.717) is 6.04 Å². The molecule has 1 fully saturated rings. The molecule has 0 amide bonds. The number of rotatable bonds is 6. The van der Waals surface area contributed by atoms with Crippen molar-refractivity contribution >= 4 is 17.3 Å². The Morgan fingerprint density at radius 2 is 2.00 bits per heavy atom. The minimum absolute atomic E-state index is 0.617. The number of likely N-dealkylation sites (tertiary alicyclic amines) is 1. The van der Waals surface area contributed by atoms with Gasteiger partial charge in [-0.2, -0.15) is 0 Å². The van der Waals surface area contributed by atoms with Crippen LogP contribution in [0.5, 0.6) is 0 Å². The summed E-state index contributed by atoms with van der Waals surface area (Å²) in [6.45, 7) is 9.85. The molecule has 0 spiro atoms. The lowest BCUT2D eigenvalue weighted by Gasteiger charge is -2.38. The lowest BCUT2D eigenvalue weighted by atomic mass is 10.0. The van der Waals surface area contributed by atoms with Gasteiger partial charge in [0.2, 0.25) is 0 Å². The van der Waals surface area contributed by atoms with Crippen molar-refractivity contribution in [3.8, 4) is 0 Å². The molecule has 1 N–H and O–H groups in total. The summed E-state index contributed by atoms with van der Waals surface area (Å²) in [5, 5.41) is 4.24. The van der Waals surface area contributed by atoms with Crippen LogP contribution < -0.4 is 10.2 Å². The van der Waals surface area contributed by atoms with E-state index in [2.05, 4.69) is 48.1 Å². The molecule has 0 unspecified atom stereocenters. The van der Waals surface area contributed by atoms with Gasteiger partial charge in [0.1, 0.15) is 0 Å². The van der Waals surface area contributed by atoms with Gasteiger partial charge in [0.15, 0.2) is 0 Å². The molecule has 1 aromatic rings. The molecule has 0 bridgehead atoms. The van der Waals surface area contributed by atoms with E-state index in [-0.39, 0.29) is 0 Å². The second-order valence-electron chi connectivity index (χ2n) is 5.83. The molecule has 118 valence electrons. The average molecular weight is 310 g/mol. The zero-order valence-electron chi connectivity index (χ0n) is 13.5. The van der Waals surface area contributed by atoms with Crippen LogP contribution in [-0.4, -0.2) is 44.2 Å². The van der Waals surface area contributed by atoms with Gasteiger partial charge < -0.3 is 15.1 Å². The topological polar surface area (TPSA) is 18.5 Å². The lowest BCUT2D eigenvalue weighted by molar-refractivity contribution is 0.221. The van der Waals surface area contributed by atoms with E-state index in [1.807, 2.05) is 6.07 Å². The summed E-state index contributed by atoms with van der Waals surface area (Å²) in [5.41, 5.74) is 2.61. The predicted molar refractivity (Wildman–Crippen MR) is 92.4 cm³/mol. The highest BCUT2D eigenvalue weighted by Crippen LogP contribution is 2.28. The maximum absolute atomic E-state index is 6.22. The third-order valence-corrected chi connectivity index (χ3v) is 4.78. The molecule has 1 saturated heterocycles. The van der Waals surface area contributed by atoms with Gasteiger partial charge >= 0.3 is 0 Å². The first-order chi connectivity index (χ1) is 10.2. The molecule has 1 aromatic carbocycles. The van der Waals surface area contributed by atoms with E-state index < -0.39 is 0 Å². The number of nitrogens with one attached hydrogen (secondary N) is 1. The Balaban J connectivity index is 2.10. The van der Waals surface area contributed by atoms with Gasteiger partial charge in [-0.25, -0.2) is 0 Å². The van der Waals surface area contributed by atoms with Crippen LogP contribution >= 0.6 is 11.6 Å². The second kappa shape index (κ2) is 8.02. The number of hydrogen-bond donors (Lipinski definition) is 1. The molecular formula is C17H28ClN3. The molecule has 0 atom stereocenters. The zero-order chi connectivity index (χ0) is 15.2. The van der Waals surface area contributed by atoms with Crippen molar-refractivity contribution in [1.29, 1.82) is 0 Å². The van der Waals surface area contributed by atoms with Crippen molar-refractivity contribution in [3.05, 3.63) is 28.8 Å². The van der Waals surface area contributed by atoms with Crippen molar-refractivity contribution in [2.24, 2.45) is 0 Å². The Hall–Kier alpha value is -0.770. The van der Waals surface area contributed by atoms with Crippen LogP contribution in [0.25, 0.3) is 0 Å². The van der Waals surface area contributed by atoms with E-state index >= 15 is 0 Å². The Bertz CT molecular complexity index is 442. The van der Waals surface area contributed by atoms with Gasteiger partial charge in [-0.05, 0) is 43.6 Å². The third-order valence-electron chi connectivity index (χ3n) is 4.54. The summed E-state index contributed by atoms with van der Waals surface area (Å²) >= 11 is 6.22. The van der Waals surface area contributed by atoms with E-state index in [4.69, 9.17) is 11.6 Å². The molecule has 0 aromatic heterocycles. The fraction of sp³-hybridized carbons (Fsp3) is 0.647. The molecule has 21 heavy (non-hydrogen) atoms. The van der Waals surface area contributed by atoms with E-state index in [9.17, 15) is 0 Å². The smallest absolute Gasteiger partial charge is 0.0426 e. The maximum atomic E-state index is 6.22. The molecule has 0 aliphatic carbocycles. The number of anilines is 1. The molecule has 0 saturated carbocycles. The molecule has 2 rings (SSSR count). The van der Waals surface area contributed by atoms with Crippen LogP contribution in [0.2, 0.25) is 5.02 Å². The highest BCUT2D eigenvalue weighted by Gasteiger charge is 2.23. The average Bonchev–Trinajstić information content (AvgIpc) is 2.53. The first kappa shape index (κ1) is 16.6.